The smallest absolute Gasteiger partial charge is 0.254 e. The van der Waals surface area contributed by atoms with Gasteiger partial charge in [-0.25, -0.2) is 4.39 Å². The molecular weight excluding hydrogens is 407 g/mol. The highest BCUT2D eigenvalue weighted by molar-refractivity contribution is 5.95. The average molecular weight is 445 g/mol. The minimum atomic E-state index is -0.481. The number of rotatable bonds is 9. The molecule has 32 heavy (non-hydrogen) atoms. The van der Waals surface area contributed by atoms with Crippen molar-refractivity contribution in [3.63, 3.8) is 0 Å². The minimum Gasteiger partial charge on any atom is -0.404 e. The van der Waals surface area contributed by atoms with E-state index in [9.17, 15) is 9.18 Å². The normalized spacial score (nSPS) is 19.3. The van der Waals surface area contributed by atoms with Crippen LogP contribution < -0.4 is 22.1 Å². The monoisotopic (exact) mass is 444 g/mol. The van der Waals surface area contributed by atoms with Gasteiger partial charge in [-0.3, -0.25) is 4.79 Å². The molecule has 1 aliphatic rings. The fraction of sp³-hybridized carbons (Fsp3) is 0.480. The molecular formula is C25H37FN4O2. The number of amides is 1. The van der Waals surface area contributed by atoms with Crippen molar-refractivity contribution in [2.45, 2.75) is 52.1 Å². The molecule has 1 aromatic rings. The summed E-state index contributed by atoms with van der Waals surface area (Å²) < 4.78 is 20.4. The quantitative estimate of drug-likeness (QED) is 0.439. The van der Waals surface area contributed by atoms with E-state index in [1.165, 1.54) is 6.20 Å². The molecule has 1 saturated heterocycles. The summed E-state index contributed by atoms with van der Waals surface area (Å²) in [5, 5.41) is 5.84. The summed E-state index contributed by atoms with van der Waals surface area (Å²) in [4.78, 5) is 12.8. The predicted octanol–water partition coefficient (Wildman–Crippen LogP) is 2.99. The first-order chi connectivity index (χ1) is 15.3. The fourth-order valence-electron chi connectivity index (χ4n) is 3.60. The molecule has 176 valence electrons. The van der Waals surface area contributed by atoms with Crippen LogP contribution in [0.1, 0.15) is 46.8 Å². The molecule has 6 N–H and O–H groups in total. The van der Waals surface area contributed by atoms with E-state index in [1.807, 2.05) is 45.3 Å². The van der Waals surface area contributed by atoms with Crippen LogP contribution in [0, 0.1) is 25.6 Å². The number of allylic oxidation sites excluding steroid dienone is 2. The maximum atomic E-state index is 14.9. The number of ether oxygens (including phenoxy) is 1. The minimum absolute atomic E-state index is 0.0571. The van der Waals surface area contributed by atoms with E-state index < -0.39 is 11.7 Å². The summed E-state index contributed by atoms with van der Waals surface area (Å²) in [5.74, 6) is -0.790. The molecule has 1 amide bonds. The average Bonchev–Trinajstić information content (AvgIpc) is 2.80. The van der Waals surface area contributed by atoms with Gasteiger partial charge in [0.05, 0.1) is 18.2 Å². The van der Waals surface area contributed by atoms with Gasteiger partial charge in [-0.05, 0) is 79.8 Å². The first kappa shape index (κ1) is 25.6. The summed E-state index contributed by atoms with van der Waals surface area (Å²) in [6.45, 7) is 6.75. The Morgan fingerprint density at radius 3 is 2.72 bits per heavy atom. The molecule has 7 heteroatoms. The van der Waals surface area contributed by atoms with E-state index in [0.717, 1.165) is 29.5 Å². The van der Waals surface area contributed by atoms with Gasteiger partial charge in [0, 0.05) is 19.7 Å². The van der Waals surface area contributed by atoms with Crippen LogP contribution in [-0.4, -0.2) is 38.3 Å². The van der Waals surface area contributed by atoms with Crippen LogP contribution in [0.5, 0.6) is 0 Å². The Morgan fingerprint density at radius 1 is 1.34 bits per heavy atom. The van der Waals surface area contributed by atoms with E-state index in [1.54, 1.807) is 13.0 Å². The molecule has 0 aromatic heterocycles. The molecule has 0 saturated carbocycles. The van der Waals surface area contributed by atoms with E-state index in [4.69, 9.17) is 16.2 Å². The van der Waals surface area contributed by atoms with Crippen LogP contribution in [0.4, 0.5) is 4.39 Å². The van der Waals surface area contributed by atoms with Gasteiger partial charge in [0.25, 0.3) is 5.91 Å². The van der Waals surface area contributed by atoms with Crippen LogP contribution >= 0.6 is 0 Å². The Kier molecular flexibility index (Phi) is 9.94. The lowest BCUT2D eigenvalue weighted by molar-refractivity contribution is 0.0622. The SMILES string of the molecule is CN/C=C\C(N)C(C)/C=C\C(=C/N)Cc1cc(C(=O)NC2CCCOC2)c(F)c(C)c1C. The van der Waals surface area contributed by atoms with Crippen molar-refractivity contribution < 1.29 is 13.9 Å². The van der Waals surface area contributed by atoms with Crippen molar-refractivity contribution in [3.05, 3.63) is 70.3 Å². The highest BCUT2D eigenvalue weighted by Crippen LogP contribution is 2.24. The second kappa shape index (κ2) is 12.4. The Morgan fingerprint density at radius 2 is 2.09 bits per heavy atom. The summed E-state index contributed by atoms with van der Waals surface area (Å²) in [6.07, 6.45) is 11.4. The van der Waals surface area contributed by atoms with E-state index in [0.29, 0.717) is 25.2 Å². The standard InChI is InChI=1S/C25H37FN4O2/c1-16(23(28)9-10-29-4)7-8-19(14-27)12-20-13-22(24(26)18(3)17(20)2)25(31)30-21-6-5-11-32-15-21/h7-10,13-14,16,21,23,29H,5-6,11-12,15,27-28H2,1-4H3,(H,30,31)/b8-7-,10-9-,19-14+. The zero-order chi connectivity index (χ0) is 23.7. The van der Waals surface area contributed by atoms with Gasteiger partial charge in [0.1, 0.15) is 5.82 Å². The number of halogens is 1. The molecule has 6 nitrogen and oxygen atoms in total. The van der Waals surface area contributed by atoms with Gasteiger partial charge >= 0.3 is 0 Å². The van der Waals surface area contributed by atoms with Crippen LogP contribution in [-0.2, 0) is 11.2 Å². The maximum Gasteiger partial charge on any atom is 0.254 e. The molecule has 1 heterocycles. The number of hydrogen-bond acceptors (Lipinski definition) is 5. The van der Waals surface area contributed by atoms with Crippen molar-refractivity contribution in [2.75, 3.05) is 20.3 Å². The Hall–Kier alpha value is -2.64. The molecule has 3 unspecified atom stereocenters. The van der Waals surface area contributed by atoms with Crippen molar-refractivity contribution >= 4 is 5.91 Å². The van der Waals surface area contributed by atoms with E-state index in [2.05, 4.69) is 10.6 Å². The molecule has 1 fully saturated rings. The number of benzene rings is 1. The second-order valence-electron chi connectivity index (χ2n) is 8.40. The fourth-order valence-corrected chi connectivity index (χ4v) is 3.60. The number of carbonyl (C=O) groups is 1. The summed E-state index contributed by atoms with van der Waals surface area (Å²) in [7, 11) is 1.82. The predicted molar refractivity (Wildman–Crippen MR) is 128 cm³/mol. The zero-order valence-corrected chi connectivity index (χ0v) is 19.6. The zero-order valence-electron chi connectivity index (χ0n) is 19.6. The van der Waals surface area contributed by atoms with Crippen molar-refractivity contribution in [1.29, 1.82) is 0 Å². The first-order valence-corrected chi connectivity index (χ1v) is 11.1. The molecule has 2 rings (SSSR count). The second-order valence-corrected chi connectivity index (χ2v) is 8.40. The third-order valence-electron chi connectivity index (χ3n) is 5.98. The van der Waals surface area contributed by atoms with Crippen molar-refractivity contribution in [1.82, 2.24) is 10.6 Å². The number of nitrogens with one attached hydrogen (secondary N) is 2. The summed E-state index contributed by atoms with van der Waals surface area (Å²) >= 11 is 0. The third-order valence-corrected chi connectivity index (χ3v) is 5.98. The third kappa shape index (κ3) is 6.93. The van der Waals surface area contributed by atoms with Crippen LogP contribution in [0.15, 0.2) is 42.3 Å². The largest absolute Gasteiger partial charge is 0.404 e. The van der Waals surface area contributed by atoms with E-state index in [-0.39, 0.29) is 23.6 Å². The Labute approximate surface area is 191 Å². The molecule has 3 atom stereocenters. The lowest BCUT2D eigenvalue weighted by Crippen LogP contribution is -2.41. The van der Waals surface area contributed by atoms with Crippen molar-refractivity contribution in [2.24, 2.45) is 17.4 Å². The van der Waals surface area contributed by atoms with Gasteiger partial charge < -0.3 is 26.8 Å². The maximum absolute atomic E-state index is 14.9. The number of carbonyl (C=O) groups excluding carboxylic acids is 1. The number of hydrogen-bond donors (Lipinski definition) is 4. The van der Waals surface area contributed by atoms with Crippen LogP contribution in [0.3, 0.4) is 0 Å². The Bertz CT molecular complexity index is 873. The molecule has 1 aromatic carbocycles. The lowest BCUT2D eigenvalue weighted by Gasteiger charge is -2.23. The van der Waals surface area contributed by atoms with Gasteiger partial charge in [-0.2, -0.15) is 0 Å². The number of nitrogens with two attached hydrogens (primary N) is 2. The van der Waals surface area contributed by atoms with Crippen LogP contribution in [0.2, 0.25) is 0 Å². The van der Waals surface area contributed by atoms with Gasteiger partial charge in [-0.1, -0.05) is 25.2 Å². The van der Waals surface area contributed by atoms with Crippen LogP contribution in [0.25, 0.3) is 0 Å². The summed E-state index contributed by atoms with van der Waals surface area (Å²) in [6, 6.07) is 1.41. The molecule has 1 aliphatic heterocycles. The molecule has 0 aliphatic carbocycles. The highest BCUT2D eigenvalue weighted by atomic mass is 19.1. The Balaban J connectivity index is 2.19. The highest BCUT2D eigenvalue weighted by Gasteiger charge is 2.22. The van der Waals surface area contributed by atoms with Gasteiger partial charge in [0.2, 0.25) is 0 Å². The first-order valence-electron chi connectivity index (χ1n) is 11.1. The molecule has 0 radical (unpaired) electrons. The topological polar surface area (TPSA) is 102 Å². The van der Waals surface area contributed by atoms with Crippen molar-refractivity contribution in [3.8, 4) is 0 Å². The van der Waals surface area contributed by atoms with Gasteiger partial charge in [0.15, 0.2) is 0 Å². The lowest BCUT2D eigenvalue weighted by atomic mass is 9.93. The molecule has 0 bridgehead atoms. The van der Waals surface area contributed by atoms with E-state index >= 15 is 0 Å². The van der Waals surface area contributed by atoms with Gasteiger partial charge in [-0.15, -0.1) is 0 Å². The molecule has 0 spiro atoms. The summed E-state index contributed by atoms with van der Waals surface area (Å²) in [5.41, 5.74) is 15.1.